The van der Waals surface area contributed by atoms with Crippen molar-refractivity contribution < 1.29 is 14.3 Å². The summed E-state index contributed by atoms with van der Waals surface area (Å²) in [6.45, 7) is 11.6. The number of nitrogens with one attached hydrogen (secondary N) is 1. The fourth-order valence-corrected chi connectivity index (χ4v) is 3.96. The molecule has 0 bridgehead atoms. The molecular formula is C25H35N3O3. The number of ether oxygens (including phenoxy) is 2. The first-order valence-corrected chi connectivity index (χ1v) is 11.3. The smallest absolute Gasteiger partial charge is 0.342 e. The number of rotatable bonds is 9. The molecule has 6 heteroatoms. The van der Waals surface area contributed by atoms with E-state index in [0.29, 0.717) is 17.4 Å². The zero-order chi connectivity index (χ0) is 22.4. The summed E-state index contributed by atoms with van der Waals surface area (Å²) in [5.41, 5.74) is 1.79. The van der Waals surface area contributed by atoms with E-state index >= 15 is 0 Å². The molecule has 1 aromatic heterocycles. The van der Waals surface area contributed by atoms with E-state index in [1.54, 1.807) is 18.3 Å². The van der Waals surface area contributed by atoms with Crippen molar-refractivity contribution in [2.45, 2.75) is 71.8 Å². The van der Waals surface area contributed by atoms with Crippen LogP contribution in [0.25, 0.3) is 0 Å². The highest BCUT2D eigenvalue weighted by molar-refractivity contribution is 5.94. The van der Waals surface area contributed by atoms with Gasteiger partial charge in [0.1, 0.15) is 17.1 Å². The fourth-order valence-electron chi connectivity index (χ4n) is 3.96. The highest BCUT2D eigenvalue weighted by Crippen LogP contribution is 2.26. The normalized spacial score (nSPS) is 17.3. The SMILES string of the molecule is CCC(N[C@@H]1CCN(c2ncccc2C(=O)OC(C)C)C1)c1ccc(OC(C)C)cc1. The van der Waals surface area contributed by atoms with Gasteiger partial charge in [0.05, 0.1) is 12.2 Å². The Balaban J connectivity index is 1.65. The van der Waals surface area contributed by atoms with E-state index in [9.17, 15) is 4.79 Å². The molecule has 1 fully saturated rings. The van der Waals surface area contributed by atoms with E-state index in [2.05, 4.69) is 34.3 Å². The molecule has 3 rings (SSSR count). The molecule has 1 saturated heterocycles. The molecule has 0 saturated carbocycles. The predicted octanol–water partition coefficient (Wildman–Crippen LogP) is 4.75. The Labute approximate surface area is 186 Å². The van der Waals surface area contributed by atoms with Crippen LogP contribution in [0.2, 0.25) is 0 Å². The Morgan fingerprint density at radius 3 is 2.55 bits per heavy atom. The topological polar surface area (TPSA) is 63.7 Å². The summed E-state index contributed by atoms with van der Waals surface area (Å²) in [5.74, 6) is 1.29. The molecule has 2 aromatic rings. The summed E-state index contributed by atoms with van der Waals surface area (Å²) in [6, 6.07) is 12.5. The zero-order valence-corrected chi connectivity index (χ0v) is 19.3. The number of hydrogen-bond donors (Lipinski definition) is 1. The van der Waals surface area contributed by atoms with Gasteiger partial charge in [0.15, 0.2) is 0 Å². The minimum Gasteiger partial charge on any atom is -0.491 e. The van der Waals surface area contributed by atoms with E-state index in [1.807, 2.05) is 39.8 Å². The predicted molar refractivity (Wildman–Crippen MR) is 124 cm³/mol. The summed E-state index contributed by atoms with van der Waals surface area (Å²) in [6.07, 6.45) is 3.75. The second-order valence-corrected chi connectivity index (χ2v) is 8.62. The number of carbonyl (C=O) groups is 1. The molecule has 6 nitrogen and oxygen atoms in total. The standard InChI is InChI=1S/C25H35N3O3/c1-6-23(19-9-11-21(12-10-19)30-17(2)3)27-20-13-15-28(16-20)24-22(8-7-14-26-24)25(29)31-18(4)5/h7-12,14,17-18,20,23,27H,6,13,15-16H2,1-5H3/t20-,23?/m1/s1. The van der Waals surface area contributed by atoms with Crippen LogP contribution in [0.3, 0.4) is 0 Å². The molecule has 1 unspecified atom stereocenters. The molecular weight excluding hydrogens is 390 g/mol. The minimum absolute atomic E-state index is 0.156. The van der Waals surface area contributed by atoms with E-state index in [0.717, 1.165) is 31.7 Å². The summed E-state index contributed by atoms with van der Waals surface area (Å²) in [5, 5.41) is 3.80. The van der Waals surface area contributed by atoms with Crippen LogP contribution in [0.1, 0.15) is 69.4 Å². The summed E-state index contributed by atoms with van der Waals surface area (Å²) in [4.78, 5) is 19.2. The van der Waals surface area contributed by atoms with Gasteiger partial charge in [0.25, 0.3) is 0 Å². The van der Waals surface area contributed by atoms with Gasteiger partial charge in [-0.1, -0.05) is 19.1 Å². The van der Waals surface area contributed by atoms with Gasteiger partial charge in [-0.3, -0.25) is 0 Å². The molecule has 1 aliphatic heterocycles. The van der Waals surface area contributed by atoms with Gasteiger partial charge in [-0.2, -0.15) is 0 Å². The molecule has 2 atom stereocenters. The molecule has 0 radical (unpaired) electrons. The fraction of sp³-hybridized carbons (Fsp3) is 0.520. The van der Waals surface area contributed by atoms with Gasteiger partial charge in [-0.05, 0) is 70.4 Å². The lowest BCUT2D eigenvalue weighted by Crippen LogP contribution is -2.35. The van der Waals surface area contributed by atoms with Gasteiger partial charge in [0, 0.05) is 31.4 Å². The van der Waals surface area contributed by atoms with Crippen molar-refractivity contribution in [3.8, 4) is 5.75 Å². The average Bonchev–Trinajstić information content (AvgIpc) is 3.20. The first kappa shape index (κ1) is 23.1. The van der Waals surface area contributed by atoms with Crippen molar-refractivity contribution in [2.24, 2.45) is 0 Å². The van der Waals surface area contributed by atoms with Gasteiger partial charge < -0.3 is 19.7 Å². The number of aromatic nitrogens is 1. The van der Waals surface area contributed by atoms with E-state index in [-0.39, 0.29) is 24.2 Å². The lowest BCUT2D eigenvalue weighted by Gasteiger charge is -2.24. The molecule has 1 aliphatic rings. The van der Waals surface area contributed by atoms with Crippen molar-refractivity contribution >= 4 is 11.8 Å². The molecule has 168 valence electrons. The van der Waals surface area contributed by atoms with Crippen LogP contribution in [0, 0.1) is 0 Å². The zero-order valence-electron chi connectivity index (χ0n) is 19.3. The van der Waals surface area contributed by atoms with Gasteiger partial charge in [-0.25, -0.2) is 9.78 Å². The second-order valence-electron chi connectivity index (χ2n) is 8.62. The minimum atomic E-state index is -0.315. The maximum Gasteiger partial charge on any atom is 0.342 e. The molecule has 1 N–H and O–H groups in total. The van der Waals surface area contributed by atoms with Crippen molar-refractivity contribution in [3.05, 3.63) is 53.7 Å². The number of carbonyl (C=O) groups excluding carboxylic acids is 1. The van der Waals surface area contributed by atoms with Gasteiger partial charge >= 0.3 is 5.97 Å². The summed E-state index contributed by atoms with van der Waals surface area (Å²) in [7, 11) is 0. The highest BCUT2D eigenvalue weighted by Gasteiger charge is 2.28. The van der Waals surface area contributed by atoms with Crippen molar-refractivity contribution in [1.29, 1.82) is 0 Å². The van der Waals surface area contributed by atoms with Crippen LogP contribution in [0.4, 0.5) is 5.82 Å². The second kappa shape index (κ2) is 10.6. The van der Waals surface area contributed by atoms with Crippen LogP contribution >= 0.6 is 0 Å². The van der Waals surface area contributed by atoms with E-state index in [1.165, 1.54) is 5.56 Å². The molecule has 2 heterocycles. The monoisotopic (exact) mass is 425 g/mol. The number of anilines is 1. The van der Waals surface area contributed by atoms with Crippen LogP contribution < -0.4 is 15.0 Å². The maximum absolute atomic E-state index is 12.5. The number of esters is 1. The lowest BCUT2D eigenvalue weighted by molar-refractivity contribution is 0.0378. The third-order valence-electron chi connectivity index (χ3n) is 5.34. The third-order valence-corrected chi connectivity index (χ3v) is 5.34. The average molecular weight is 426 g/mol. The van der Waals surface area contributed by atoms with Crippen LogP contribution in [-0.2, 0) is 4.74 Å². The largest absolute Gasteiger partial charge is 0.491 e. The quantitative estimate of drug-likeness (QED) is 0.585. The summed E-state index contributed by atoms with van der Waals surface area (Å²) < 4.78 is 11.2. The van der Waals surface area contributed by atoms with Crippen LogP contribution in [-0.4, -0.2) is 42.3 Å². The van der Waals surface area contributed by atoms with Gasteiger partial charge in [-0.15, -0.1) is 0 Å². The first-order chi connectivity index (χ1) is 14.9. The molecule has 31 heavy (non-hydrogen) atoms. The summed E-state index contributed by atoms with van der Waals surface area (Å²) >= 11 is 0. The van der Waals surface area contributed by atoms with E-state index in [4.69, 9.17) is 9.47 Å². The number of pyridine rings is 1. The van der Waals surface area contributed by atoms with Crippen molar-refractivity contribution in [1.82, 2.24) is 10.3 Å². The first-order valence-electron chi connectivity index (χ1n) is 11.3. The molecule has 0 aliphatic carbocycles. The van der Waals surface area contributed by atoms with Crippen LogP contribution in [0.15, 0.2) is 42.6 Å². The Morgan fingerprint density at radius 1 is 1.16 bits per heavy atom. The number of nitrogens with zero attached hydrogens (tertiary/aromatic N) is 2. The number of benzene rings is 1. The van der Waals surface area contributed by atoms with E-state index < -0.39 is 0 Å². The Hall–Kier alpha value is -2.60. The van der Waals surface area contributed by atoms with Gasteiger partial charge in [0.2, 0.25) is 0 Å². The molecule has 0 spiro atoms. The Kier molecular flexibility index (Phi) is 7.91. The Morgan fingerprint density at radius 2 is 1.90 bits per heavy atom. The molecule has 1 aromatic carbocycles. The lowest BCUT2D eigenvalue weighted by atomic mass is 10.0. The maximum atomic E-state index is 12.5. The highest BCUT2D eigenvalue weighted by atomic mass is 16.5. The van der Waals surface area contributed by atoms with Crippen LogP contribution in [0.5, 0.6) is 5.75 Å². The third kappa shape index (κ3) is 6.20. The molecule has 0 amide bonds. The van der Waals surface area contributed by atoms with Crippen molar-refractivity contribution in [3.63, 3.8) is 0 Å². The number of hydrogen-bond acceptors (Lipinski definition) is 6. The van der Waals surface area contributed by atoms with Crippen molar-refractivity contribution in [2.75, 3.05) is 18.0 Å². The Bertz CT molecular complexity index is 851.